The van der Waals surface area contributed by atoms with Gasteiger partial charge in [-0.1, -0.05) is 19.4 Å². The Kier molecular flexibility index (Phi) is 7.16. The molecule has 1 aromatic carbocycles. The minimum Gasteiger partial charge on any atom is -0.329 e. The van der Waals surface area contributed by atoms with Gasteiger partial charge >= 0.3 is 0 Å². The molecule has 0 aliphatic heterocycles. The van der Waals surface area contributed by atoms with E-state index in [4.69, 9.17) is 5.21 Å². The smallest absolute Gasteiger partial charge is 0.267 e. The van der Waals surface area contributed by atoms with E-state index < -0.39 is 5.91 Å². The van der Waals surface area contributed by atoms with E-state index in [2.05, 4.69) is 35.2 Å². The van der Waals surface area contributed by atoms with Gasteiger partial charge in [0.1, 0.15) is 0 Å². The van der Waals surface area contributed by atoms with Crippen molar-refractivity contribution in [1.29, 1.82) is 0 Å². The van der Waals surface area contributed by atoms with Crippen LogP contribution in [0.25, 0.3) is 17.1 Å². The van der Waals surface area contributed by atoms with Crippen LogP contribution in [0.1, 0.15) is 39.2 Å². The molecule has 0 aliphatic rings. The topological polar surface area (TPSA) is 70.4 Å². The number of aromatic nitrogens is 2. The molecule has 0 fully saturated rings. The first-order chi connectivity index (χ1) is 12.0. The monoisotopic (exact) mass is 344 g/mol. The number of carbonyl (C=O) groups is 1. The number of benzene rings is 1. The molecule has 6 heteroatoms. The molecule has 2 rings (SSSR count). The molecule has 25 heavy (non-hydrogen) atoms. The molecular weight excluding hydrogens is 316 g/mol. The van der Waals surface area contributed by atoms with Gasteiger partial charge in [0.15, 0.2) is 0 Å². The number of rotatable bonds is 9. The molecule has 6 nitrogen and oxygen atoms in total. The van der Waals surface area contributed by atoms with E-state index in [1.54, 1.807) is 11.6 Å². The lowest BCUT2D eigenvalue weighted by Crippen LogP contribution is -2.34. The van der Waals surface area contributed by atoms with Crippen LogP contribution in [-0.4, -0.2) is 44.7 Å². The van der Waals surface area contributed by atoms with Crippen molar-refractivity contribution < 1.29 is 10.0 Å². The summed E-state index contributed by atoms with van der Waals surface area (Å²) in [5.41, 5.74) is 4.43. The van der Waals surface area contributed by atoms with Crippen LogP contribution in [0.5, 0.6) is 0 Å². The van der Waals surface area contributed by atoms with Crippen molar-refractivity contribution >= 4 is 23.0 Å². The Balaban J connectivity index is 2.07. The lowest BCUT2D eigenvalue weighted by molar-refractivity contribution is -0.124. The number of amides is 1. The van der Waals surface area contributed by atoms with Crippen LogP contribution >= 0.6 is 0 Å². The van der Waals surface area contributed by atoms with Gasteiger partial charge in [0.2, 0.25) is 0 Å². The van der Waals surface area contributed by atoms with Crippen LogP contribution in [0.4, 0.5) is 0 Å². The van der Waals surface area contributed by atoms with Gasteiger partial charge in [-0.05, 0) is 50.6 Å². The Bertz CT molecular complexity index is 721. The Hall–Kier alpha value is -2.18. The Labute approximate surface area is 149 Å². The van der Waals surface area contributed by atoms with Crippen molar-refractivity contribution in [1.82, 2.24) is 19.9 Å². The fourth-order valence-corrected chi connectivity index (χ4v) is 2.80. The number of unbranched alkanes of at least 4 members (excludes halogenated alkanes) is 1. The summed E-state index contributed by atoms with van der Waals surface area (Å²) in [5.74, 6) is -0.550. The highest BCUT2D eigenvalue weighted by Crippen LogP contribution is 2.16. The van der Waals surface area contributed by atoms with E-state index in [9.17, 15) is 4.79 Å². The van der Waals surface area contributed by atoms with E-state index in [1.807, 2.05) is 24.5 Å². The molecule has 1 heterocycles. The molecule has 0 radical (unpaired) electrons. The summed E-state index contributed by atoms with van der Waals surface area (Å²) >= 11 is 0. The third kappa shape index (κ3) is 5.41. The summed E-state index contributed by atoms with van der Waals surface area (Å²) in [6, 6.07) is 6.43. The molecular formula is C19H28N4O2. The zero-order valence-electron chi connectivity index (χ0n) is 15.3. The number of imidazole rings is 1. The third-order valence-electron chi connectivity index (χ3n) is 4.34. The largest absolute Gasteiger partial charge is 0.329 e. The summed E-state index contributed by atoms with van der Waals surface area (Å²) in [4.78, 5) is 18.0. The highest BCUT2D eigenvalue weighted by Gasteiger charge is 2.10. The van der Waals surface area contributed by atoms with Gasteiger partial charge in [0.05, 0.1) is 17.4 Å². The van der Waals surface area contributed by atoms with Crippen LogP contribution in [-0.2, 0) is 11.3 Å². The van der Waals surface area contributed by atoms with Crippen molar-refractivity contribution in [3.8, 4) is 0 Å². The van der Waals surface area contributed by atoms with Crippen molar-refractivity contribution in [3.63, 3.8) is 0 Å². The molecule has 2 N–H and O–H groups in total. The number of carbonyl (C=O) groups excluding carboxylic acids is 1. The average molecular weight is 344 g/mol. The van der Waals surface area contributed by atoms with Crippen LogP contribution in [0, 0.1) is 0 Å². The van der Waals surface area contributed by atoms with E-state index in [-0.39, 0.29) is 0 Å². The van der Waals surface area contributed by atoms with E-state index in [1.165, 1.54) is 18.9 Å². The maximum atomic E-state index is 11.1. The second-order valence-electron chi connectivity index (χ2n) is 6.48. The summed E-state index contributed by atoms with van der Waals surface area (Å²) in [7, 11) is 0. The molecule has 1 amide bonds. The van der Waals surface area contributed by atoms with E-state index in [0.717, 1.165) is 36.2 Å². The summed E-state index contributed by atoms with van der Waals surface area (Å²) in [6.07, 6.45) is 7.24. The number of nitrogens with one attached hydrogen (secondary N) is 1. The quantitative estimate of drug-likeness (QED) is 0.417. The van der Waals surface area contributed by atoms with Crippen molar-refractivity contribution in [3.05, 3.63) is 36.2 Å². The molecule has 0 saturated heterocycles. The van der Waals surface area contributed by atoms with Gasteiger partial charge in [-0.3, -0.25) is 14.9 Å². The maximum absolute atomic E-state index is 11.1. The summed E-state index contributed by atoms with van der Waals surface area (Å²) in [5, 5.41) is 8.51. The number of hydrogen-bond donors (Lipinski definition) is 2. The predicted molar refractivity (Wildman–Crippen MR) is 100 cm³/mol. The molecule has 0 saturated carbocycles. The predicted octanol–water partition coefficient (Wildman–Crippen LogP) is 3.07. The first-order valence-corrected chi connectivity index (χ1v) is 8.86. The van der Waals surface area contributed by atoms with Crippen molar-refractivity contribution in [2.24, 2.45) is 0 Å². The molecule has 0 unspecified atom stereocenters. The third-order valence-corrected chi connectivity index (χ3v) is 4.34. The molecule has 136 valence electrons. The lowest BCUT2D eigenvalue weighted by Gasteiger charge is -2.26. The van der Waals surface area contributed by atoms with Crippen molar-refractivity contribution in [2.75, 3.05) is 13.1 Å². The van der Waals surface area contributed by atoms with Gasteiger partial charge < -0.3 is 4.57 Å². The Morgan fingerprint density at radius 3 is 2.88 bits per heavy atom. The van der Waals surface area contributed by atoms with Crippen LogP contribution in [0.3, 0.4) is 0 Å². The fraction of sp³-hybridized carbons (Fsp3) is 0.474. The van der Waals surface area contributed by atoms with Gasteiger partial charge in [0.25, 0.3) is 5.91 Å². The lowest BCUT2D eigenvalue weighted by atomic mass is 10.2. The Morgan fingerprint density at radius 2 is 2.20 bits per heavy atom. The zero-order valence-corrected chi connectivity index (χ0v) is 15.3. The molecule has 0 spiro atoms. The first kappa shape index (κ1) is 19.1. The minimum absolute atomic E-state index is 0.538. The SMILES string of the molecule is CCCCN(CCn1cnc2cc(/C=C/C(=O)NO)ccc21)C(C)C. The second-order valence-corrected chi connectivity index (χ2v) is 6.48. The highest BCUT2D eigenvalue weighted by molar-refractivity contribution is 5.91. The number of nitrogens with zero attached hydrogens (tertiary/aromatic N) is 3. The number of fused-ring (bicyclic) bond motifs is 1. The highest BCUT2D eigenvalue weighted by atomic mass is 16.5. The molecule has 2 aromatic rings. The number of hydrogen-bond acceptors (Lipinski definition) is 4. The van der Waals surface area contributed by atoms with E-state index in [0.29, 0.717) is 6.04 Å². The van der Waals surface area contributed by atoms with Gasteiger partial charge in [-0.2, -0.15) is 0 Å². The Morgan fingerprint density at radius 1 is 1.40 bits per heavy atom. The second kappa shape index (κ2) is 9.34. The fourth-order valence-electron chi connectivity index (χ4n) is 2.80. The van der Waals surface area contributed by atoms with Crippen LogP contribution in [0.2, 0.25) is 0 Å². The van der Waals surface area contributed by atoms with E-state index >= 15 is 0 Å². The molecule has 0 atom stereocenters. The van der Waals surface area contributed by atoms with Gasteiger partial charge in [-0.25, -0.2) is 10.5 Å². The number of hydroxylamine groups is 1. The van der Waals surface area contributed by atoms with Crippen molar-refractivity contribution in [2.45, 2.75) is 46.2 Å². The maximum Gasteiger partial charge on any atom is 0.267 e. The summed E-state index contributed by atoms with van der Waals surface area (Å²) in [6.45, 7) is 9.73. The normalized spacial score (nSPS) is 11.9. The first-order valence-electron chi connectivity index (χ1n) is 8.86. The van der Waals surface area contributed by atoms with Gasteiger partial charge in [0, 0.05) is 25.2 Å². The summed E-state index contributed by atoms with van der Waals surface area (Å²) < 4.78 is 2.17. The minimum atomic E-state index is -0.550. The molecule has 0 bridgehead atoms. The molecule has 1 aromatic heterocycles. The van der Waals surface area contributed by atoms with Crippen LogP contribution in [0.15, 0.2) is 30.6 Å². The van der Waals surface area contributed by atoms with Gasteiger partial charge in [-0.15, -0.1) is 0 Å². The van der Waals surface area contributed by atoms with Crippen LogP contribution < -0.4 is 5.48 Å². The standard InChI is InChI=1S/C19H28N4O2/c1-4-5-10-22(15(2)3)11-12-23-14-20-17-13-16(6-8-18(17)23)7-9-19(24)21-25/h6-9,13-15,25H,4-5,10-12H2,1-3H3,(H,21,24)/b9-7+. The average Bonchev–Trinajstić information content (AvgIpc) is 3.01. The zero-order chi connectivity index (χ0) is 18.2. The molecule has 0 aliphatic carbocycles.